The van der Waals surface area contributed by atoms with Gasteiger partial charge >= 0.3 is 0 Å². The van der Waals surface area contributed by atoms with E-state index in [-0.39, 0.29) is 0 Å². The van der Waals surface area contributed by atoms with E-state index in [2.05, 4.69) is 49.0 Å². The molecule has 3 heteroatoms. The molecule has 0 bridgehead atoms. The molecule has 1 aromatic rings. The predicted octanol–water partition coefficient (Wildman–Crippen LogP) is 3.74. The van der Waals surface area contributed by atoms with Crippen LogP contribution in [0.25, 0.3) is 0 Å². The Labute approximate surface area is 109 Å². The van der Waals surface area contributed by atoms with Crippen LogP contribution in [0.15, 0.2) is 23.4 Å². The average molecular weight is 250 g/mol. The summed E-state index contributed by atoms with van der Waals surface area (Å²) in [7, 11) is 0. The molecule has 2 rings (SSSR count). The minimum Gasteiger partial charge on any atom is -0.294 e. The summed E-state index contributed by atoms with van der Waals surface area (Å²) in [4.78, 5) is 7.13. The standard InChI is InChI=1S/C14H22N2S/c1-4-17-14-8-7-12(10-15-14)13-6-5-9-16(13)11(2)3/h7-8,10-11,13H,4-6,9H2,1-3H3. The summed E-state index contributed by atoms with van der Waals surface area (Å²) >= 11 is 1.81. The zero-order valence-electron chi connectivity index (χ0n) is 11.0. The Morgan fingerprint density at radius 1 is 1.47 bits per heavy atom. The third-order valence-corrected chi connectivity index (χ3v) is 4.22. The highest BCUT2D eigenvalue weighted by atomic mass is 32.2. The van der Waals surface area contributed by atoms with Gasteiger partial charge in [0.05, 0.1) is 5.03 Å². The first kappa shape index (κ1) is 12.9. The first-order chi connectivity index (χ1) is 8.22. The van der Waals surface area contributed by atoms with E-state index < -0.39 is 0 Å². The number of thioether (sulfide) groups is 1. The predicted molar refractivity (Wildman–Crippen MR) is 74.5 cm³/mol. The topological polar surface area (TPSA) is 16.1 Å². The molecule has 0 N–H and O–H groups in total. The lowest BCUT2D eigenvalue weighted by atomic mass is 10.1. The Hall–Kier alpha value is -0.540. The van der Waals surface area contributed by atoms with Crippen LogP contribution >= 0.6 is 11.8 Å². The van der Waals surface area contributed by atoms with E-state index in [9.17, 15) is 0 Å². The van der Waals surface area contributed by atoms with Gasteiger partial charge in [-0.25, -0.2) is 4.98 Å². The highest BCUT2D eigenvalue weighted by Gasteiger charge is 2.27. The summed E-state index contributed by atoms with van der Waals surface area (Å²) in [6, 6.07) is 5.65. The molecule has 1 unspecified atom stereocenters. The highest BCUT2D eigenvalue weighted by Crippen LogP contribution is 2.33. The van der Waals surface area contributed by atoms with Crippen molar-refractivity contribution in [3.05, 3.63) is 23.9 Å². The van der Waals surface area contributed by atoms with Crippen LogP contribution in [-0.2, 0) is 0 Å². The summed E-state index contributed by atoms with van der Waals surface area (Å²) in [6.45, 7) is 7.96. The first-order valence-electron chi connectivity index (χ1n) is 6.57. The van der Waals surface area contributed by atoms with E-state index in [0.29, 0.717) is 12.1 Å². The normalized spacial score (nSPS) is 21.3. The van der Waals surface area contributed by atoms with Gasteiger partial charge in [0, 0.05) is 18.3 Å². The molecule has 0 saturated carbocycles. The molecule has 1 aromatic heterocycles. The lowest BCUT2D eigenvalue weighted by Gasteiger charge is -2.28. The van der Waals surface area contributed by atoms with Gasteiger partial charge in [-0.15, -0.1) is 11.8 Å². The monoisotopic (exact) mass is 250 g/mol. The molecule has 0 aromatic carbocycles. The zero-order valence-corrected chi connectivity index (χ0v) is 11.8. The van der Waals surface area contributed by atoms with Gasteiger partial charge in [0.15, 0.2) is 0 Å². The Morgan fingerprint density at radius 3 is 2.88 bits per heavy atom. The molecule has 0 radical (unpaired) electrons. The van der Waals surface area contributed by atoms with Crippen LogP contribution in [0.1, 0.15) is 45.2 Å². The van der Waals surface area contributed by atoms with Gasteiger partial charge in [-0.05, 0) is 50.6 Å². The van der Waals surface area contributed by atoms with E-state index in [1.54, 1.807) is 0 Å². The molecule has 1 aliphatic rings. The van der Waals surface area contributed by atoms with Crippen LogP contribution in [-0.4, -0.2) is 28.2 Å². The van der Waals surface area contributed by atoms with Crippen molar-refractivity contribution in [2.75, 3.05) is 12.3 Å². The van der Waals surface area contributed by atoms with Gasteiger partial charge in [-0.3, -0.25) is 4.90 Å². The Kier molecular flexibility index (Phi) is 4.46. The molecule has 0 amide bonds. The third-order valence-electron chi connectivity index (χ3n) is 3.39. The molecule has 94 valence electrons. The molecule has 17 heavy (non-hydrogen) atoms. The van der Waals surface area contributed by atoms with Crippen LogP contribution in [0.2, 0.25) is 0 Å². The van der Waals surface area contributed by atoms with Crippen molar-refractivity contribution in [3.8, 4) is 0 Å². The van der Waals surface area contributed by atoms with Crippen LogP contribution in [0.4, 0.5) is 0 Å². The molecule has 0 aliphatic carbocycles. The largest absolute Gasteiger partial charge is 0.294 e. The number of hydrogen-bond donors (Lipinski definition) is 0. The van der Waals surface area contributed by atoms with Gasteiger partial charge < -0.3 is 0 Å². The van der Waals surface area contributed by atoms with Crippen molar-refractivity contribution in [1.29, 1.82) is 0 Å². The molecule has 1 atom stereocenters. The van der Waals surface area contributed by atoms with Crippen molar-refractivity contribution in [2.45, 2.75) is 50.7 Å². The lowest BCUT2D eigenvalue weighted by Crippen LogP contribution is -2.30. The van der Waals surface area contributed by atoms with E-state index >= 15 is 0 Å². The summed E-state index contributed by atoms with van der Waals surface area (Å²) in [5, 5.41) is 1.14. The highest BCUT2D eigenvalue weighted by molar-refractivity contribution is 7.99. The second-order valence-electron chi connectivity index (χ2n) is 4.85. The van der Waals surface area contributed by atoms with Crippen LogP contribution < -0.4 is 0 Å². The van der Waals surface area contributed by atoms with Gasteiger partial charge in [-0.1, -0.05) is 13.0 Å². The van der Waals surface area contributed by atoms with E-state index in [0.717, 1.165) is 10.8 Å². The number of aromatic nitrogens is 1. The second-order valence-corrected chi connectivity index (χ2v) is 6.14. The third kappa shape index (κ3) is 3.02. The summed E-state index contributed by atoms with van der Waals surface area (Å²) in [5.41, 5.74) is 1.39. The zero-order chi connectivity index (χ0) is 12.3. The van der Waals surface area contributed by atoms with E-state index in [1.807, 2.05) is 11.8 Å². The van der Waals surface area contributed by atoms with Gasteiger partial charge in [0.1, 0.15) is 0 Å². The Bertz CT molecular complexity index is 348. The lowest BCUT2D eigenvalue weighted by molar-refractivity contribution is 0.205. The fourth-order valence-electron chi connectivity index (χ4n) is 2.59. The van der Waals surface area contributed by atoms with E-state index in [4.69, 9.17) is 0 Å². The van der Waals surface area contributed by atoms with Gasteiger partial charge in [0.25, 0.3) is 0 Å². The van der Waals surface area contributed by atoms with Crippen molar-refractivity contribution >= 4 is 11.8 Å². The Balaban J connectivity index is 2.11. The molecule has 1 aliphatic heterocycles. The SMILES string of the molecule is CCSc1ccc(C2CCCN2C(C)C)cn1. The molecule has 0 spiro atoms. The van der Waals surface area contributed by atoms with Crippen molar-refractivity contribution < 1.29 is 0 Å². The van der Waals surface area contributed by atoms with Gasteiger partial charge in [0.2, 0.25) is 0 Å². The quantitative estimate of drug-likeness (QED) is 0.757. The van der Waals surface area contributed by atoms with Crippen LogP contribution in [0.5, 0.6) is 0 Å². The van der Waals surface area contributed by atoms with Crippen molar-refractivity contribution in [1.82, 2.24) is 9.88 Å². The summed E-state index contributed by atoms with van der Waals surface area (Å²) in [6.07, 6.45) is 4.66. The number of pyridine rings is 1. The molecule has 1 saturated heterocycles. The number of likely N-dealkylation sites (tertiary alicyclic amines) is 1. The maximum absolute atomic E-state index is 4.54. The fraction of sp³-hybridized carbons (Fsp3) is 0.643. The van der Waals surface area contributed by atoms with E-state index in [1.165, 1.54) is 24.9 Å². The second kappa shape index (κ2) is 5.87. The van der Waals surface area contributed by atoms with Crippen LogP contribution in [0.3, 0.4) is 0 Å². The smallest absolute Gasteiger partial charge is 0.0959 e. The summed E-state index contributed by atoms with van der Waals surface area (Å²) < 4.78 is 0. The molecular formula is C14H22N2S. The molecule has 2 heterocycles. The number of rotatable bonds is 4. The maximum atomic E-state index is 4.54. The minimum absolute atomic E-state index is 0.586. The number of hydrogen-bond acceptors (Lipinski definition) is 3. The van der Waals surface area contributed by atoms with Crippen LogP contribution in [0, 0.1) is 0 Å². The minimum atomic E-state index is 0.586. The summed E-state index contributed by atoms with van der Waals surface area (Å²) in [5.74, 6) is 1.09. The molecule has 2 nitrogen and oxygen atoms in total. The van der Waals surface area contributed by atoms with Crippen molar-refractivity contribution in [2.24, 2.45) is 0 Å². The maximum Gasteiger partial charge on any atom is 0.0959 e. The van der Waals surface area contributed by atoms with Crippen molar-refractivity contribution in [3.63, 3.8) is 0 Å². The molecule has 1 fully saturated rings. The number of nitrogens with zero attached hydrogens (tertiary/aromatic N) is 2. The average Bonchev–Trinajstić information content (AvgIpc) is 2.79. The Morgan fingerprint density at radius 2 is 2.29 bits per heavy atom. The van der Waals surface area contributed by atoms with Gasteiger partial charge in [-0.2, -0.15) is 0 Å². The molecular weight excluding hydrogens is 228 g/mol. The fourth-order valence-corrected chi connectivity index (χ4v) is 3.17. The first-order valence-corrected chi connectivity index (χ1v) is 7.55.